The summed E-state index contributed by atoms with van der Waals surface area (Å²) in [6, 6.07) is 14.7. The molecule has 3 rings (SSSR count). The van der Waals surface area contributed by atoms with E-state index in [9.17, 15) is 18.4 Å². The van der Waals surface area contributed by atoms with Crippen LogP contribution in [-0.4, -0.2) is 48.6 Å². The molecular weight excluding hydrogens is 418 g/mol. The van der Waals surface area contributed by atoms with Crippen LogP contribution >= 0.6 is 0 Å². The summed E-state index contributed by atoms with van der Waals surface area (Å²) in [6.45, 7) is 0.492. The van der Waals surface area contributed by atoms with Crippen molar-refractivity contribution in [2.24, 2.45) is 0 Å². The number of aryl methyl sites for hydroxylation is 1. The molecule has 0 saturated carbocycles. The van der Waals surface area contributed by atoms with E-state index in [1.54, 1.807) is 7.05 Å². The van der Waals surface area contributed by atoms with E-state index < -0.39 is 17.5 Å². The number of nitrogens with zero attached hydrogens (tertiary/aromatic N) is 2. The molecule has 0 saturated heterocycles. The highest BCUT2D eigenvalue weighted by molar-refractivity contribution is 5.94. The van der Waals surface area contributed by atoms with Gasteiger partial charge in [0.15, 0.2) is 11.6 Å². The van der Waals surface area contributed by atoms with E-state index >= 15 is 0 Å². The van der Waals surface area contributed by atoms with Gasteiger partial charge in [0.1, 0.15) is 11.5 Å². The number of amides is 2. The summed E-state index contributed by atoms with van der Waals surface area (Å²) in [5.41, 5.74) is 1.89. The molecule has 0 radical (unpaired) electrons. The van der Waals surface area contributed by atoms with Gasteiger partial charge < -0.3 is 15.2 Å². The van der Waals surface area contributed by atoms with Crippen molar-refractivity contribution in [3.8, 4) is 11.3 Å². The molecule has 1 aromatic heterocycles. The summed E-state index contributed by atoms with van der Waals surface area (Å²) in [4.78, 5) is 25.7. The van der Waals surface area contributed by atoms with Crippen molar-refractivity contribution < 1.29 is 22.9 Å². The Morgan fingerprint density at radius 1 is 1.03 bits per heavy atom. The van der Waals surface area contributed by atoms with Crippen molar-refractivity contribution >= 4 is 17.5 Å². The molecule has 9 heteroatoms. The average molecular weight is 442 g/mol. The highest BCUT2D eigenvalue weighted by Gasteiger charge is 2.11. The number of hydrogen-bond acceptors (Lipinski definition) is 5. The van der Waals surface area contributed by atoms with Crippen LogP contribution in [0.1, 0.15) is 12.2 Å². The van der Waals surface area contributed by atoms with Gasteiger partial charge in [0.05, 0.1) is 13.1 Å². The molecule has 7 nitrogen and oxygen atoms in total. The van der Waals surface area contributed by atoms with Crippen molar-refractivity contribution in [1.29, 1.82) is 0 Å². The quantitative estimate of drug-likeness (QED) is 0.503. The number of carbonyl (C=O) groups excluding carboxylic acids is 2. The van der Waals surface area contributed by atoms with Crippen molar-refractivity contribution in [2.45, 2.75) is 12.8 Å². The molecule has 0 fully saturated rings. The molecule has 0 aliphatic carbocycles. The van der Waals surface area contributed by atoms with Crippen LogP contribution in [0.3, 0.4) is 0 Å². The van der Waals surface area contributed by atoms with Gasteiger partial charge in [-0.15, -0.1) is 0 Å². The highest BCUT2D eigenvalue weighted by atomic mass is 19.2. The normalized spacial score (nSPS) is 10.9. The number of rotatable bonds is 10. The third kappa shape index (κ3) is 6.98. The number of carbonyl (C=O) groups is 2. The summed E-state index contributed by atoms with van der Waals surface area (Å²) in [5, 5.41) is 8.98. The summed E-state index contributed by atoms with van der Waals surface area (Å²) in [5.74, 6) is -2.14. The molecule has 0 unspecified atom stereocenters. The first kappa shape index (κ1) is 23.1. The first-order valence-electron chi connectivity index (χ1n) is 10.1. The van der Waals surface area contributed by atoms with Crippen molar-refractivity contribution in [3.63, 3.8) is 0 Å². The van der Waals surface area contributed by atoms with Gasteiger partial charge in [-0.25, -0.2) is 8.78 Å². The topological polar surface area (TPSA) is 87.5 Å². The molecule has 32 heavy (non-hydrogen) atoms. The van der Waals surface area contributed by atoms with Crippen LogP contribution in [0.25, 0.3) is 11.3 Å². The molecule has 2 aromatic carbocycles. The number of aromatic nitrogens is 1. The molecule has 0 spiro atoms. The van der Waals surface area contributed by atoms with Gasteiger partial charge in [0.25, 0.3) is 0 Å². The lowest BCUT2D eigenvalue weighted by Gasteiger charge is -2.15. The molecular formula is C23H24F2N4O3. The first-order chi connectivity index (χ1) is 15.4. The number of benzene rings is 2. The van der Waals surface area contributed by atoms with E-state index in [4.69, 9.17) is 4.52 Å². The minimum Gasteiger partial charge on any atom is -0.361 e. The maximum atomic E-state index is 13.2. The maximum Gasteiger partial charge on any atom is 0.243 e. The van der Waals surface area contributed by atoms with Crippen LogP contribution < -0.4 is 10.6 Å². The van der Waals surface area contributed by atoms with Crippen molar-refractivity contribution in [1.82, 2.24) is 15.4 Å². The fourth-order valence-corrected chi connectivity index (χ4v) is 3.04. The van der Waals surface area contributed by atoms with Crippen LogP contribution in [0.5, 0.6) is 0 Å². The Labute approximate surface area is 184 Å². The standard InChI is InChI=1S/C23H24F2N4O3/c1-29(11-5-8-18-13-21(28-32-18)16-6-3-2-4-7-16)15-23(31)26-14-22(30)27-17-9-10-19(24)20(25)12-17/h2-4,6-7,9-10,12-13H,5,8,11,14-15H2,1H3,(H,26,31)(H,27,30). The molecule has 0 aliphatic heterocycles. The Morgan fingerprint density at radius 2 is 1.81 bits per heavy atom. The van der Waals surface area contributed by atoms with Crippen LogP contribution in [0.15, 0.2) is 59.1 Å². The number of hydrogen-bond donors (Lipinski definition) is 2. The van der Waals surface area contributed by atoms with Crippen molar-refractivity contribution in [2.75, 3.05) is 32.0 Å². The summed E-state index contributed by atoms with van der Waals surface area (Å²) < 4.78 is 31.4. The van der Waals surface area contributed by atoms with E-state index in [1.165, 1.54) is 6.07 Å². The van der Waals surface area contributed by atoms with E-state index in [0.717, 1.165) is 35.6 Å². The van der Waals surface area contributed by atoms with Crippen LogP contribution in [0.4, 0.5) is 14.5 Å². The molecule has 0 aliphatic rings. The van der Waals surface area contributed by atoms with Crippen molar-refractivity contribution in [3.05, 3.63) is 72.0 Å². The average Bonchev–Trinajstić information content (AvgIpc) is 3.24. The fraction of sp³-hybridized carbons (Fsp3) is 0.261. The lowest BCUT2D eigenvalue weighted by molar-refractivity contribution is -0.124. The zero-order valence-electron chi connectivity index (χ0n) is 17.6. The lowest BCUT2D eigenvalue weighted by Crippen LogP contribution is -2.39. The largest absolute Gasteiger partial charge is 0.361 e. The summed E-state index contributed by atoms with van der Waals surface area (Å²) in [6.07, 6.45) is 1.45. The Bertz CT molecular complexity index is 1060. The Morgan fingerprint density at radius 3 is 2.56 bits per heavy atom. The fourth-order valence-electron chi connectivity index (χ4n) is 3.04. The van der Waals surface area contributed by atoms with E-state index in [-0.39, 0.29) is 24.7 Å². The smallest absolute Gasteiger partial charge is 0.243 e. The number of nitrogens with one attached hydrogen (secondary N) is 2. The molecule has 3 aromatic rings. The number of halogens is 2. The molecule has 1 heterocycles. The molecule has 2 N–H and O–H groups in total. The van der Waals surface area contributed by atoms with Gasteiger partial charge in [0, 0.05) is 29.8 Å². The second kappa shape index (κ2) is 11.1. The minimum atomic E-state index is -1.06. The SMILES string of the molecule is CN(CCCc1cc(-c2ccccc2)no1)CC(=O)NCC(=O)Nc1ccc(F)c(F)c1. The highest BCUT2D eigenvalue weighted by Crippen LogP contribution is 2.19. The minimum absolute atomic E-state index is 0.114. The van der Waals surface area contributed by atoms with Gasteiger partial charge in [-0.2, -0.15) is 0 Å². The summed E-state index contributed by atoms with van der Waals surface area (Å²) in [7, 11) is 1.80. The summed E-state index contributed by atoms with van der Waals surface area (Å²) >= 11 is 0. The predicted molar refractivity (Wildman–Crippen MR) is 116 cm³/mol. The van der Waals surface area contributed by atoms with E-state index in [2.05, 4.69) is 15.8 Å². The van der Waals surface area contributed by atoms with Gasteiger partial charge in [-0.3, -0.25) is 14.5 Å². The Kier molecular flexibility index (Phi) is 8.04. The first-order valence-corrected chi connectivity index (χ1v) is 10.1. The van der Waals surface area contributed by atoms with Crippen LogP contribution in [-0.2, 0) is 16.0 Å². The zero-order chi connectivity index (χ0) is 22.9. The zero-order valence-corrected chi connectivity index (χ0v) is 17.6. The van der Waals surface area contributed by atoms with Crippen LogP contribution in [0.2, 0.25) is 0 Å². The molecule has 168 valence electrons. The van der Waals surface area contributed by atoms with Gasteiger partial charge in [-0.1, -0.05) is 35.5 Å². The Hall–Kier alpha value is -3.59. The van der Waals surface area contributed by atoms with E-state index in [1.807, 2.05) is 41.3 Å². The Balaban J connectivity index is 1.33. The molecule has 0 atom stereocenters. The predicted octanol–water partition coefficient (Wildman–Crippen LogP) is 3.24. The van der Waals surface area contributed by atoms with Gasteiger partial charge in [0.2, 0.25) is 11.8 Å². The van der Waals surface area contributed by atoms with Crippen LogP contribution in [0, 0.1) is 11.6 Å². The van der Waals surface area contributed by atoms with E-state index in [0.29, 0.717) is 13.0 Å². The second-order valence-electron chi connectivity index (χ2n) is 7.34. The van der Waals surface area contributed by atoms with Gasteiger partial charge in [-0.05, 0) is 32.1 Å². The lowest BCUT2D eigenvalue weighted by atomic mass is 10.1. The van der Waals surface area contributed by atoms with Gasteiger partial charge >= 0.3 is 0 Å². The monoisotopic (exact) mass is 442 g/mol. The third-order valence-electron chi connectivity index (χ3n) is 4.65. The number of likely N-dealkylation sites (N-methyl/N-ethyl adjacent to an activating group) is 1. The number of anilines is 1. The maximum absolute atomic E-state index is 13.2. The third-order valence-corrected chi connectivity index (χ3v) is 4.65. The molecule has 2 amide bonds. The second-order valence-corrected chi connectivity index (χ2v) is 7.34. The molecule has 0 bridgehead atoms.